The number of rotatable bonds is 0. The Morgan fingerprint density at radius 3 is 2.50 bits per heavy atom. The maximum absolute atomic E-state index is 4.16. The molecule has 3 heteroatoms. The van der Waals surface area contributed by atoms with Gasteiger partial charge in [-0.25, -0.2) is 0 Å². The standard InChI is InChI=1S/C5H5BrS2/c1-3-2-4(7)8-5(3)6/h2,7H,1H3. The minimum absolute atomic E-state index is 1.06. The Morgan fingerprint density at radius 1 is 1.75 bits per heavy atom. The largest absolute Gasteiger partial charge is 0.133 e. The van der Waals surface area contributed by atoms with Gasteiger partial charge in [-0.2, -0.15) is 0 Å². The number of halogens is 1. The zero-order chi connectivity index (χ0) is 6.15. The van der Waals surface area contributed by atoms with Gasteiger partial charge in [0, 0.05) is 0 Å². The van der Waals surface area contributed by atoms with Crippen LogP contribution in [0.4, 0.5) is 0 Å². The molecule has 1 aromatic heterocycles. The smallest absolute Gasteiger partial charge is 0.0739 e. The van der Waals surface area contributed by atoms with Crippen LogP contribution in [0.1, 0.15) is 5.56 Å². The predicted molar refractivity (Wildman–Crippen MR) is 44.0 cm³/mol. The molecule has 0 atom stereocenters. The molecule has 0 amide bonds. The van der Waals surface area contributed by atoms with Crippen molar-refractivity contribution in [2.45, 2.75) is 11.1 Å². The summed E-state index contributed by atoms with van der Waals surface area (Å²) in [6.45, 7) is 2.06. The van der Waals surface area contributed by atoms with E-state index >= 15 is 0 Å². The third-order valence-electron chi connectivity index (χ3n) is 0.844. The lowest BCUT2D eigenvalue weighted by atomic mass is 10.4. The average Bonchev–Trinajstić information content (AvgIpc) is 1.85. The third kappa shape index (κ3) is 1.27. The highest BCUT2D eigenvalue weighted by Crippen LogP contribution is 2.29. The van der Waals surface area contributed by atoms with E-state index in [0.717, 1.165) is 4.21 Å². The van der Waals surface area contributed by atoms with Crippen molar-refractivity contribution in [2.75, 3.05) is 0 Å². The lowest BCUT2D eigenvalue weighted by Crippen LogP contribution is -1.55. The molecule has 0 nitrogen and oxygen atoms in total. The molecule has 44 valence electrons. The number of hydrogen-bond donors (Lipinski definition) is 1. The monoisotopic (exact) mass is 208 g/mol. The first-order valence-electron chi connectivity index (χ1n) is 2.15. The average molecular weight is 209 g/mol. The van der Waals surface area contributed by atoms with Gasteiger partial charge < -0.3 is 0 Å². The number of thiol groups is 1. The summed E-state index contributed by atoms with van der Waals surface area (Å²) in [5.74, 6) is 0. The Kier molecular flexibility index (Phi) is 2.01. The summed E-state index contributed by atoms with van der Waals surface area (Å²) in [7, 11) is 0. The summed E-state index contributed by atoms with van der Waals surface area (Å²) in [6, 6.07) is 2.04. The number of hydrogen-bond acceptors (Lipinski definition) is 2. The van der Waals surface area contributed by atoms with Gasteiger partial charge in [-0.3, -0.25) is 0 Å². The van der Waals surface area contributed by atoms with Crippen molar-refractivity contribution in [3.63, 3.8) is 0 Å². The van der Waals surface area contributed by atoms with Gasteiger partial charge in [0.15, 0.2) is 0 Å². The first-order chi connectivity index (χ1) is 3.70. The van der Waals surface area contributed by atoms with Gasteiger partial charge in [-0.05, 0) is 34.5 Å². The minimum atomic E-state index is 1.06. The lowest BCUT2D eigenvalue weighted by molar-refractivity contribution is 1.49. The molecule has 0 N–H and O–H groups in total. The molecule has 0 aliphatic rings. The summed E-state index contributed by atoms with van der Waals surface area (Å²) >= 11 is 9.20. The van der Waals surface area contributed by atoms with Crippen LogP contribution >= 0.6 is 39.9 Å². The van der Waals surface area contributed by atoms with Crippen molar-refractivity contribution in [1.82, 2.24) is 0 Å². The SMILES string of the molecule is Cc1cc(S)sc1Br. The molecule has 1 aromatic rings. The van der Waals surface area contributed by atoms with Crippen molar-refractivity contribution in [3.8, 4) is 0 Å². The third-order valence-corrected chi connectivity index (χ3v) is 3.19. The second kappa shape index (κ2) is 2.42. The van der Waals surface area contributed by atoms with Crippen LogP contribution in [-0.4, -0.2) is 0 Å². The van der Waals surface area contributed by atoms with E-state index in [4.69, 9.17) is 0 Å². The second-order valence-corrected chi connectivity index (χ2v) is 4.70. The molecular weight excluding hydrogens is 204 g/mol. The molecule has 1 rings (SSSR count). The van der Waals surface area contributed by atoms with Gasteiger partial charge in [0.2, 0.25) is 0 Å². The Bertz CT molecular complexity index is 173. The molecule has 0 aliphatic carbocycles. The van der Waals surface area contributed by atoms with Crippen LogP contribution in [0.3, 0.4) is 0 Å². The molecule has 0 aliphatic heterocycles. The molecule has 0 saturated carbocycles. The van der Waals surface area contributed by atoms with Gasteiger partial charge in [-0.15, -0.1) is 24.0 Å². The van der Waals surface area contributed by atoms with Crippen molar-refractivity contribution >= 4 is 39.9 Å². The predicted octanol–water partition coefficient (Wildman–Crippen LogP) is 3.11. The van der Waals surface area contributed by atoms with Crippen LogP contribution in [0.5, 0.6) is 0 Å². The highest BCUT2D eigenvalue weighted by atomic mass is 79.9. The molecular formula is C5H5BrS2. The summed E-state index contributed by atoms with van der Waals surface area (Å²) in [6.07, 6.45) is 0. The topological polar surface area (TPSA) is 0 Å². The van der Waals surface area contributed by atoms with Gasteiger partial charge in [0.25, 0.3) is 0 Å². The van der Waals surface area contributed by atoms with Crippen LogP contribution in [0.25, 0.3) is 0 Å². The van der Waals surface area contributed by atoms with Crippen molar-refractivity contribution in [1.29, 1.82) is 0 Å². The molecule has 1 heterocycles. The van der Waals surface area contributed by atoms with E-state index in [0.29, 0.717) is 0 Å². The molecule has 0 fully saturated rings. The minimum Gasteiger partial charge on any atom is -0.133 e. The summed E-state index contributed by atoms with van der Waals surface area (Å²) in [4.78, 5) is 0. The van der Waals surface area contributed by atoms with Crippen LogP contribution in [-0.2, 0) is 0 Å². The van der Waals surface area contributed by atoms with E-state index in [1.165, 1.54) is 9.35 Å². The van der Waals surface area contributed by atoms with Crippen LogP contribution in [0, 0.1) is 6.92 Å². The van der Waals surface area contributed by atoms with E-state index in [1.807, 2.05) is 6.07 Å². The van der Waals surface area contributed by atoms with Gasteiger partial charge in [0.05, 0.1) is 8.00 Å². The van der Waals surface area contributed by atoms with Gasteiger partial charge >= 0.3 is 0 Å². The van der Waals surface area contributed by atoms with E-state index in [-0.39, 0.29) is 0 Å². The molecule has 0 unspecified atom stereocenters. The first kappa shape index (κ1) is 6.65. The van der Waals surface area contributed by atoms with E-state index in [9.17, 15) is 0 Å². The van der Waals surface area contributed by atoms with Crippen molar-refractivity contribution < 1.29 is 0 Å². The van der Waals surface area contributed by atoms with Crippen LogP contribution in [0.15, 0.2) is 14.1 Å². The highest BCUT2D eigenvalue weighted by Gasteiger charge is 1.96. The zero-order valence-electron chi connectivity index (χ0n) is 4.31. The summed E-state index contributed by atoms with van der Waals surface area (Å²) in [5.41, 5.74) is 1.26. The number of thiophene rings is 1. The molecule has 0 saturated heterocycles. The van der Waals surface area contributed by atoms with E-state index in [1.54, 1.807) is 11.3 Å². The Labute approximate surface area is 66.5 Å². The quantitative estimate of drug-likeness (QED) is 0.623. The van der Waals surface area contributed by atoms with Crippen molar-refractivity contribution in [3.05, 3.63) is 15.4 Å². The fraction of sp³-hybridized carbons (Fsp3) is 0.200. The molecule has 8 heavy (non-hydrogen) atoms. The fourth-order valence-electron chi connectivity index (χ4n) is 0.444. The van der Waals surface area contributed by atoms with E-state index in [2.05, 4.69) is 35.5 Å². The summed E-state index contributed by atoms with van der Waals surface area (Å²) in [5, 5.41) is 0. The zero-order valence-corrected chi connectivity index (χ0v) is 7.61. The first-order valence-corrected chi connectivity index (χ1v) is 4.20. The maximum atomic E-state index is 4.16. The number of aryl methyl sites for hydroxylation is 1. The molecule has 0 radical (unpaired) electrons. The van der Waals surface area contributed by atoms with Crippen LogP contribution < -0.4 is 0 Å². The second-order valence-electron chi connectivity index (χ2n) is 1.54. The van der Waals surface area contributed by atoms with Gasteiger partial charge in [0.1, 0.15) is 0 Å². The molecule has 0 aromatic carbocycles. The van der Waals surface area contributed by atoms with Crippen molar-refractivity contribution in [2.24, 2.45) is 0 Å². The molecule has 0 spiro atoms. The maximum Gasteiger partial charge on any atom is 0.0739 e. The Morgan fingerprint density at radius 2 is 2.38 bits per heavy atom. The normalized spacial score (nSPS) is 9.88. The molecule has 0 bridgehead atoms. The van der Waals surface area contributed by atoms with Crippen LogP contribution in [0.2, 0.25) is 0 Å². The van der Waals surface area contributed by atoms with E-state index < -0.39 is 0 Å². The fourth-order valence-corrected chi connectivity index (χ4v) is 2.56. The lowest BCUT2D eigenvalue weighted by Gasteiger charge is -1.77. The van der Waals surface area contributed by atoms with Gasteiger partial charge in [-0.1, -0.05) is 0 Å². The Balaban J connectivity index is 3.14. The summed E-state index contributed by atoms with van der Waals surface area (Å²) < 4.78 is 2.25. The Hall–Kier alpha value is 0.530. The highest BCUT2D eigenvalue weighted by molar-refractivity contribution is 9.11.